The van der Waals surface area contributed by atoms with E-state index in [9.17, 15) is 9.59 Å². The van der Waals surface area contributed by atoms with Crippen LogP contribution >= 0.6 is 0 Å². The van der Waals surface area contributed by atoms with E-state index < -0.39 is 12.0 Å². The lowest BCUT2D eigenvalue weighted by Gasteiger charge is -2.12. The third kappa shape index (κ3) is 2.78. The summed E-state index contributed by atoms with van der Waals surface area (Å²) in [7, 11) is 1.75. The zero-order chi connectivity index (χ0) is 12.3. The highest BCUT2D eigenvalue weighted by Crippen LogP contribution is 2.02. The van der Waals surface area contributed by atoms with Crippen LogP contribution in [0, 0.1) is 6.92 Å². The van der Waals surface area contributed by atoms with Crippen LogP contribution in [0.5, 0.6) is 0 Å². The number of nitrogens with zero attached hydrogens (tertiary/aromatic N) is 3. The zero-order valence-electron chi connectivity index (χ0n) is 9.39. The van der Waals surface area contributed by atoms with Crippen molar-refractivity contribution < 1.29 is 14.7 Å². The van der Waals surface area contributed by atoms with Crippen molar-refractivity contribution in [1.29, 1.82) is 0 Å². The summed E-state index contributed by atoms with van der Waals surface area (Å²) in [6.45, 7) is 3.04. The number of aliphatic carboxylic acids is 1. The number of carboxylic acids is 1. The molecule has 0 aliphatic heterocycles. The average Bonchev–Trinajstić information content (AvgIpc) is 2.47. The topological polar surface area (TPSA) is 97.1 Å². The highest BCUT2D eigenvalue weighted by molar-refractivity contribution is 5.82. The first kappa shape index (κ1) is 12.2. The van der Waals surface area contributed by atoms with E-state index in [1.807, 2.05) is 0 Å². The maximum atomic E-state index is 10.9. The van der Waals surface area contributed by atoms with Gasteiger partial charge in [-0.05, 0) is 6.92 Å². The molecule has 2 N–H and O–H groups in total. The Balaban J connectivity index is 2.79. The molecule has 7 nitrogen and oxygen atoms in total. The summed E-state index contributed by atoms with van der Waals surface area (Å²) >= 11 is 0. The van der Waals surface area contributed by atoms with Gasteiger partial charge in [-0.2, -0.15) is 0 Å². The molecule has 0 aromatic carbocycles. The van der Waals surface area contributed by atoms with Gasteiger partial charge in [-0.1, -0.05) is 0 Å². The Labute approximate surface area is 92.5 Å². The number of hydrogen-bond acceptors (Lipinski definition) is 4. The summed E-state index contributed by atoms with van der Waals surface area (Å²) in [6, 6.07) is -0.972. The number of carboxylic acid groups (broad SMARTS) is 1. The van der Waals surface area contributed by atoms with Gasteiger partial charge in [-0.15, -0.1) is 10.2 Å². The average molecular weight is 226 g/mol. The standard InChI is InChI=1S/C9H14N4O3/c1-5-11-12-8(13(5)3)4-7(9(15)16)10-6(2)14/h7H,4H2,1-3H3,(H,10,14)(H,15,16). The van der Waals surface area contributed by atoms with Crippen LogP contribution in [-0.4, -0.2) is 37.8 Å². The molecule has 1 aromatic heterocycles. The van der Waals surface area contributed by atoms with Crippen molar-refractivity contribution in [1.82, 2.24) is 20.1 Å². The van der Waals surface area contributed by atoms with Gasteiger partial charge in [0.1, 0.15) is 17.7 Å². The van der Waals surface area contributed by atoms with Crippen LogP contribution in [0.1, 0.15) is 18.6 Å². The Bertz CT molecular complexity index is 413. The van der Waals surface area contributed by atoms with Crippen molar-refractivity contribution in [2.24, 2.45) is 7.05 Å². The van der Waals surface area contributed by atoms with Crippen LogP contribution in [0.2, 0.25) is 0 Å². The summed E-state index contributed by atoms with van der Waals surface area (Å²) in [5.41, 5.74) is 0. The summed E-state index contributed by atoms with van der Waals surface area (Å²) in [5.74, 6) is -0.247. The number of aromatic nitrogens is 3. The van der Waals surface area contributed by atoms with Crippen LogP contribution in [-0.2, 0) is 23.1 Å². The van der Waals surface area contributed by atoms with Crippen LogP contribution in [0.3, 0.4) is 0 Å². The first-order valence-corrected chi connectivity index (χ1v) is 4.76. The molecule has 16 heavy (non-hydrogen) atoms. The third-order valence-corrected chi connectivity index (χ3v) is 2.25. The summed E-state index contributed by atoms with van der Waals surface area (Å²) < 4.78 is 1.69. The van der Waals surface area contributed by atoms with E-state index in [0.717, 1.165) is 0 Å². The molecule has 7 heteroatoms. The minimum absolute atomic E-state index is 0.117. The molecule has 1 unspecified atom stereocenters. The van der Waals surface area contributed by atoms with Gasteiger partial charge in [0.15, 0.2) is 0 Å². The Hall–Kier alpha value is -1.92. The molecule has 1 aromatic rings. The van der Waals surface area contributed by atoms with Crippen LogP contribution in [0.15, 0.2) is 0 Å². The minimum atomic E-state index is -1.09. The molecule has 1 amide bonds. The van der Waals surface area contributed by atoms with Crippen molar-refractivity contribution in [2.45, 2.75) is 26.3 Å². The number of hydrogen-bond donors (Lipinski definition) is 2. The van der Waals surface area contributed by atoms with Gasteiger partial charge in [-0.3, -0.25) is 4.79 Å². The third-order valence-electron chi connectivity index (χ3n) is 2.25. The fourth-order valence-electron chi connectivity index (χ4n) is 1.26. The maximum absolute atomic E-state index is 10.9. The molecule has 0 spiro atoms. The van der Waals surface area contributed by atoms with Gasteiger partial charge in [0.25, 0.3) is 0 Å². The Morgan fingerprint density at radius 3 is 2.50 bits per heavy atom. The molecule has 0 bridgehead atoms. The number of carbonyl (C=O) groups is 2. The largest absolute Gasteiger partial charge is 0.480 e. The van der Waals surface area contributed by atoms with E-state index in [2.05, 4.69) is 15.5 Å². The smallest absolute Gasteiger partial charge is 0.326 e. The lowest BCUT2D eigenvalue weighted by atomic mass is 10.2. The zero-order valence-corrected chi connectivity index (χ0v) is 9.39. The highest BCUT2D eigenvalue weighted by atomic mass is 16.4. The summed E-state index contributed by atoms with van der Waals surface area (Å²) in [5, 5.41) is 18.9. The summed E-state index contributed by atoms with van der Waals surface area (Å²) in [6.07, 6.45) is 0.117. The molecule has 0 saturated carbocycles. The molecular formula is C9H14N4O3. The predicted molar refractivity (Wildman–Crippen MR) is 54.7 cm³/mol. The van der Waals surface area contributed by atoms with Gasteiger partial charge >= 0.3 is 5.97 Å². The second-order valence-corrected chi connectivity index (χ2v) is 3.52. The van der Waals surface area contributed by atoms with Gasteiger partial charge in [0, 0.05) is 20.4 Å². The molecular weight excluding hydrogens is 212 g/mol. The molecule has 0 aliphatic carbocycles. The first-order chi connectivity index (χ1) is 7.41. The molecule has 1 atom stereocenters. The fraction of sp³-hybridized carbons (Fsp3) is 0.556. The lowest BCUT2D eigenvalue weighted by molar-refractivity contribution is -0.141. The van der Waals surface area contributed by atoms with E-state index in [0.29, 0.717) is 11.6 Å². The highest BCUT2D eigenvalue weighted by Gasteiger charge is 2.21. The predicted octanol–water partition coefficient (Wildman–Crippen LogP) is -0.745. The van der Waals surface area contributed by atoms with Gasteiger partial charge in [-0.25, -0.2) is 4.79 Å². The van der Waals surface area contributed by atoms with Gasteiger partial charge < -0.3 is 15.0 Å². The molecule has 1 heterocycles. The Morgan fingerprint density at radius 1 is 1.50 bits per heavy atom. The summed E-state index contributed by atoms with van der Waals surface area (Å²) in [4.78, 5) is 21.7. The Morgan fingerprint density at radius 2 is 2.12 bits per heavy atom. The molecule has 1 rings (SSSR count). The molecule has 0 radical (unpaired) electrons. The van der Waals surface area contributed by atoms with Crippen molar-refractivity contribution in [3.8, 4) is 0 Å². The lowest BCUT2D eigenvalue weighted by Crippen LogP contribution is -2.41. The van der Waals surface area contributed by atoms with Crippen molar-refractivity contribution in [3.63, 3.8) is 0 Å². The van der Waals surface area contributed by atoms with E-state index in [1.165, 1.54) is 6.92 Å². The van der Waals surface area contributed by atoms with Crippen molar-refractivity contribution in [3.05, 3.63) is 11.6 Å². The number of aryl methyl sites for hydroxylation is 1. The number of rotatable bonds is 4. The van der Waals surface area contributed by atoms with E-state index >= 15 is 0 Å². The molecule has 88 valence electrons. The van der Waals surface area contributed by atoms with Gasteiger partial charge in [0.05, 0.1) is 0 Å². The van der Waals surface area contributed by atoms with Gasteiger partial charge in [0.2, 0.25) is 5.91 Å². The normalized spacial score (nSPS) is 12.2. The number of nitrogens with one attached hydrogen (secondary N) is 1. The fourth-order valence-corrected chi connectivity index (χ4v) is 1.26. The van der Waals surface area contributed by atoms with Crippen molar-refractivity contribution >= 4 is 11.9 Å². The second kappa shape index (κ2) is 4.73. The van der Waals surface area contributed by atoms with Crippen LogP contribution in [0.4, 0.5) is 0 Å². The maximum Gasteiger partial charge on any atom is 0.326 e. The van der Waals surface area contributed by atoms with Crippen LogP contribution in [0.25, 0.3) is 0 Å². The second-order valence-electron chi connectivity index (χ2n) is 3.52. The molecule has 0 fully saturated rings. The van der Waals surface area contributed by atoms with E-state index in [4.69, 9.17) is 5.11 Å². The minimum Gasteiger partial charge on any atom is -0.480 e. The number of amides is 1. The van der Waals surface area contributed by atoms with E-state index in [1.54, 1.807) is 18.5 Å². The number of carbonyl (C=O) groups excluding carboxylic acids is 1. The van der Waals surface area contributed by atoms with Crippen LogP contribution < -0.4 is 5.32 Å². The van der Waals surface area contributed by atoms with Crippen molar-refractivity contribution in [2.75, 3.05) is 0 Å². The quantitative estimate of drug-likeness (QED) is 0.704. The Kier molecular flexibility index (Phi) is 3.60. The molecule has 0 aliphatic rings. The van der Waals surface area contributed by atoms with E-state index in [-0.39, 0.29) is 12.3 Å². The molecule has 0 saturated heterocycles. The first-order valence-electron chi connectivity index (χ1n) is 4.76. The monoisotopic (exact) mass is 226 g/mol. The SMILES string of the molecule is CC(=O)NC(Cc1nnc(C)n1C)C(=O)O.